The molecule has 1 aromatic carbocycles. The fourth-order valence-corrected chi connectivity index (χ4v) is 1.88. The number of esters is 1. The molecule has 0 aliphatic carbocycles. The van der Waals surface area contributed by atoms with Crippen LogP contribution >= 0.6 is 15.9 Å². The molecule has 5 heteroatoms. The average Bonchev–Trinajstić information content (AvgIpc) is 2.82. The molecule has 94 valence electrons. The van der Waals surface area contributed by atoms with Gasteiger partial charge in [0.05, 0.1) is 6.61 Å². The van der Waals surface area contributed by atoms with Gasteiger partial charge in [-0.15, -0.1) is 0 Å². The van der Waals surface area contributed by atoms with Crippen molar-refractivity contribution in [1.29, 1.82) is 0 Å². The lowest BCUT2D eigenvalue weighted by atomic mass is 10.2. The monoisotopic (exact) mass is 308 g/mol. The molecule has 0 saturated carbocycles. The van der Waals surface area contributed by atoms with Crippen LogP contribution < -0.4 is 0 Å². The van der Waals surface area contributed by atoms with Crippen molar-refractivity contribution in [3.05, 3.63) is 46.5 Å². The second-order valence-electron chi connectivity index (χ2n) is 3.82. The number of rotatable bonds is 3. The van der Waals surface area contributed by atoms with Gasteiger partial charge in [0, 0.05) is 16.4 Å². The Hall–Kier alpha value is -1.62. The summed E-state index contributed by atoms with van der Waals surface area (Å²) in [6.45, 7) is 4.14. The molecule has 0 amide bonds. The summed E-state index contributed by atoms with van der Waals surface area (Å²) in [5, 5.41) is 0. The Balaban J connectivity index is 2.29. The number of halogens is 1. The molecular formula is C13H13BrN2O2. The van der Waals surface area contributed by atoms with Crippen molar-refractivity contribution in [2.75, 3.05) is 6.61 Å². The highest BCUT2D eigenvalue weighted by Crippen LogP contribution is 2.20. The van der Waals surface area contributed by atoms with Crippen LogP contribution in [0.2, 0.25) is 0 Å². The van der Waals surface area contributed by atoms with Crippen molar-refractivity contribution >= 4 is 21.9 Å². The zero-order valence-electron chi connectivity index (χ0n) is 10.2. The molecule has 0 N–H and O–H groups in total. The largest absolute Gasteiger partial charge is 0.461 e. The molecule has 0 unspecified atom stereocenters. The normalized spacial score (nSPS) is 10.4. The number of carbonyl (C=O) groups excluding carboxylic acids is 1. The fraction of sp³-hybridized carbons (Fsp3) is 0.231. The number of benzene rings is 1. The van der Waals surface area contributed by atoms with Gasteiger partial charge in [0.1, 0.15) is 6.33 Å². The maximum atomic E-state index is 11.5. The van der Waals surface area contributed by atoms with E-state index in [2.05, 4.69) is 20.9 Å². The van der Waals surface area contributed by atoms with Crippen molar-refractivity contribution in [2.24, 2.45) is 0 Å². The third-order valence-corrected chi connectivity index (χ3v) is 3.38. The van der Waals surface area contributed by atoms with E-state index < -0.39 is 5.97 Å². The first-order valence-corrected chi connectivity index (χ1v) is 6.38. The minimum Gasteiger partial charge on any atom is -0.461 e. The zero-order chi connectivity index (χ0) is 13.1. The molecule has 0 atom stereocenters. The topological polar surface area (TPSA) is 44.1 Å². The molecule has 1 heterocycles. The molecule has 4 nitrogen and oxygen atoms in total. The molecule has 0 aliphatic rings. The molecule has 2 rings (SSSR count). The molecule has 0 fully saturated rings. The first kappa shape index (κ1) is 12.8. The Morgan fingerprint density at radius 2 is 2.28 bits per heavy atom. The summed E-state index contributed by atoms with van der Waals surface area (Å²) >= 11 is 3.48. The van der Waals surface area contributed by atoms with Gasteiger partial charge in [0.25, 0.3) is 0 Å². The van der Waals surface area contributed by atoms with Crippen LogP contribution in [0.25, 0.3) is 5.69 Å². The first-order chi connectivity index (χ1) is 8.61. The van der Waals surface area contributed by atoms with E-state index in [0.29, 0.717) is 12.3 Å². The van der Waals surface area contributed by atoms with Crippen molar-refractivity contribution in [3.8, 4) is 5.69 Å². The van der Waals surface area contributed by atoms with Gasteiger partial charge in [0.2, 0.25) is 0 Å². The van der Waals surface area contributed by atoms with Crippen LogP contribution in [0.5, 0.6) is 0 Å². The van der Waals surface area contributed by atoms with Gasteiger partial charge >= 0.3 is 5.97 Å². The van der Waals surface area contributed by atoms with Gasteiger partial charge in [-0.1, -0.05) is 22.0 Å². The Morgan fingerprint density at radius 1 is 1.50 bits per heavy atom. The molecule has 0 radical (unpaired) electrons. The lowest BCUT2D eigenvalue weighted by Crippen LogP contribution is -2.04. The number of hydrogen-bond donors (Lipinski definition) is 0. The van der Waals surface area contributed by atoms with Gasteiger partial charge in [-0.25, -0.2) is 9.78 Å². The Bertz CT molecular complexity index is 578. The second-order valence-corrected chi connectivity index (χ2v) is 4.67. The molecule has 0 spiro atoms. The summed E-state index contributed by atoms with van der Waals surface area (Å²) in [6.07, 6.45) is 3.26. The van der Waals surface area contributed by atoms with Crippen LogP contribution in [0.1, 0.15) is 23.0 Å². The first-order valence-electron chi connectivity index (χ1n) is 5.59. The van der Waals surface area contributed by atoms with Crippen molar-refractivity contribution in [1.82, 2.24) is 9.55 Å². The molecule has 2 aromatic rings. The number of ether oxygens (including phenoxy) is 1. The van der Waals surface area contributed by atoms with Gasteiger partial charge in [0.15, 0.2) is 5.69 Å². The maximum absolute atomic E-state index is 11.5. The van der Waals surface area contributed by atoms with Gasteiger partial charge in [-0.2, -0.15) is 0 Å². The van der Waals surface area contributed by atoms with E-state index in [4.69, 9.17) is 4.74 Å². The van der Waals surface area contributed by atoms with Crippen LogP contribution in [0.3, 0.4) is 0 Å². The number of hydrogen-bond acceptors (Lipinski definition) is 3. The molecule has 0 bridgehead atoms. The van der Waals surface area contributed by atoms with Crippen molar-refractivity contribution in [3.63, 3.8) is 0 Å². The van der Waals surface area contributed by atoms with E-state index in [1.54, 1.807) is 24.0 Å². The summed E-state index contributed by atoms with van der Waals surface area (Å²) in [7, 11) is 0. The zero-order valence-corrected chi connectivity index (χ0v) is 11.8. The van der Waals surface area contributed by atoms with E-state index in [-0.39, 0.29) is 0 Å². The third kappa shape index (κ3) is 2.61. The lowest BCUT2D eigenvalue weighted by Gasteiger charge is -2.04. The Morgan fingerprint density at radius 3 is 2.94 bits per heavy atom. The minimum absolute atomic E-state index is 0.313. The SMILES string of the molecule is CCOC(=O)c1cn(-c2ccc(C)c(Br)c2)cn1. The summed E-state index contributed by atoms with van der Waals surface area (Å²) in [5.74, 6) is -0.401. The second kappa shape index (κ2) is 5.35. The van der Waals surface area contributed by atoms with E-state index in [9.17, 15) is 4.79 Å². The molecule has 0 saturated heterocycles. The Labute approximate surface area is 114 Å². The predicted octanol–water partition coefficient (Wildman–Crippen LogP) is 3.12. The van der Waals surface area contributed by atoms with Crippen LogP contribution in [0.4, 0.5) is 0 Å². The highest BCUT2D eigenvalue weighted by Gasteiger charge is 2.10. The lowest BCUT2D eigenvalue weighted by molar-refractivity contribution is 0.0520. The molecule has 18 heavy (non-hydrogen) atoms. The third-order valence-electron chi connectivity index (χ3n) is 2.52. The average molecular weight is 309 g/mol. The van der Waals surface area contributed by atoms with E-state index >= 15 is 0 Å². The summed E-state index contributed by atoms with van der Waals surface area (Å²) in [5.41, 5.74) is 2.41. The maximum Gasteiger partial charge on any atom is 0.358 e. The number of aryl methyl sites for hydroxylation is 1. The van der Waals surface area contributed by atoms with Crippen LogP contribution in [0, 0.1) is 6.92 Å². The quantitative estimate of drug-likeness (QED) is 0.818. The summed E-state index contributed by atoms with van der Waals surface area (Å²) < 4.78 is 7.70. The van der Waals surface area contributed by atoms with Crippen molar-refractivity contribution < 1.29 is 9.53 Å². The van der Waals surface area contributed by atoms with E-state index in [1.807, 2.05) is 25.1 Å². The Kier molecular flexibility index (Phi) is 3.81. The number of carbonyl (C=O) groups is 1. The molecule has 1 aromatic heterocycles. The standard InChI is InChI=1S/C13H13BrN2O2/c1-3-18-13(17)12-7-16(8-15-12)10-5-4-9(2)11(14)6-10/h4-8H,3H2,1-2H3. The molecule has 0 aliphatic heterocycles. The van der Waals surface area contributed by atoms with E-state index in [1.165, 1.54) is 0 Å². The summed E-state index contributed by atoms with van der Waals surface area (Å²) in [4.78, 5) is 15.5. The smallest absolute Gasteiger partial charge is 0.358 e. The minimum atomic E-state index is -0.401. The highest BCUT2D eigenvalue weighted by atomic mass is 79.9. The van der Waals surface area contributed by atoms with E-state index in [0.717, 1.165) is 15.7 Å². The predicted molar refractivity (Wildman–Crippen MR) is 72.0 cm³/mol. The number of nitrogens with zero attached hydrogens (tertiary/aromatic N) is 2. The van der Waals surface area contributed by atoms with Gasteiger partial charge in [-0.05, 0) is 31.5 Å². The summed E-state index contributed by atoms with van der Waals surface area (Å²) in [6, 6.07) is 5.95. The number of imidazole rings is 1. The fourth-order valence-electron chi connectivity index (χ4n) is 1.52. The van der Waals surface area contributed by atoms with Gasteiger partial charge in [-0.3, -0.25) is 0 Å². The molecular weight excluding hydrogens is 296 g/mol. The van der Waals surface area contributed by atoms with Crippen LogP contribution in [-0.2, 0) is 4.74 Å². The highest BCUT2D eigenvalue weighted by molar-refractivity contribution is 9.10. The number of aromatic nitrogens is 2. The van der Waals surface area contributed by atoms with Crippen LogP contribution in [0.15, 0.2) is 35.2 Å². The van der Waals surface area contributed by atoms with Crippen LogP contribution in [-0.4, -0.2) is 22.1 Å². The van der Waals surface area contributed by atoms with Crippen molar-refractivity contribution in [2.45, 2.75) is 13.8 Å². The van der Waals surface area contributed by atoms with Gasteiger partial charge < -0.3 is 9.30 Å².